The van der Waals surface area contributed by atoms with Gasteiger partial charge in [0, 0.05) is 105 Å². The molecule has 0 saturated carbocycles. The van der Waals surface area contributed by atoms with Gasteiger partial charge in [0.15, 0.2) is 0 Å². The molecule has 288 valence electrons. The van der Waals surface area contributed by atoms with Crippen molar-refractivity contribution < 1.29 is 18.7 Å². The molecule has 3 aromatic carbocycles. The Hall–Kier alpha value is -4.12. The van der Waals surface area contributed by atoms with Gasteiger partial charge in [-0.05, 0) is 95.7 Å². The summed E-state index contributed by atoms with van der Waals surface area (Å²) in [6.07, 6.45) is 1.48. The van der Waals surface area contributed by atoms with E-state index in [9.17, 15) is 9.18 Å². The Morgan fingerprint density at radius 3 is 2.35 bits per heavy atom. The molecule has 0 bridgehead atoms. The minimum Gasteiger partial charge on any atom is -0.493 e. The maximum absolute atomic E-state index is 13.9. The van der Waals surface area contributed by atoms with Crippen molar-refractivity contribution in [1.82, 2.24) is 29.0 Å². The summed E-state index contributed by atoms with van der Waals surface area (Å²) in [5, 5.41) is 8.48. The molecule has 2 aliphatic heterocycles. The van der Waals surface area contributed by atoms with E-state index < -0.39 is 5.60 Å². The van der Waals surface area contributed by atoms with Crippen molar-refractivity contribution in [2.75, 3.05) is 59.0 Å². The van der Waals surface area contributed by atoms with Gasteiger partial charge in [0.2, 0.25) is 0 Å². The first-order chi connectivity index (χ1) is 25.8. The number of likely N-dealkylation sites (tertiary alicyclic amines) is 1. The lowest BCUT2D eigenvalue weighted by atomic mass is 9.98. The van der Waals surface area contributed by atoms with Gasteiger partial charge in [-0.15, -0.1) is 0 Å². The number of fused-ring (bicyclic) bond motifs is 2. The lowest BCUT2D eigenvalue weighted by Gasteiger charge is -2.43. The van der Waals surface area contributed by atoms with Gasteiger partial charge in [0.05, 0.1) is 22.8 Å². The van der Waals surface area contributed by atoms with Crippen molar-refractivity contribution in [3.05, 3.63) is 82.0 Å². The number of aromatic nitrogens is 3. The van der Waals surface area contributed by atoms with Crippen LogP contribution in [0.5, 0.6) is 5.75 Å². The summed E-state index contributed by atoms with van der Waals surface area (Å²) >= 11 is 7.12. The zero-order valence-electron chi connectivity index (χ0n) is 32.8. The standard InChI is InChI=1S/C43H54ClFN6O3/c1-28-39(30(3)47(7)46-28)40-37(44)16-15-36-34(11-9-23-53-38-12-8-10-32-24-33(45)13-14-35(32)38)29(2)51(41(36)40)22-21-48-17-19-49(20-18-48)25-31-26-50(27-31)42(52)54-43(4,5)6/h8,10,12-16,24,31H,9,11,17-23,25-27H2,1-7H3. The maximum Gasteiger partial charge on any atom is 0.410 e. The van der Waals surface area contributed by atoms with Crippen LogP contribution in [0.2, 0.25) is 5.02 Å². The minimum atomic E-state index is -0.464. The van der Waals surface area contributed by atoms with Crippen molar-refractivity contribution >= 4 is 39.4 Å². The molecule has 5 aromatic rings. The summed E-state index contributed by atoms with van der Waals surface area (Å²) in [6.45, 7) is 21.1. The smallest absolute Gasteiger partial charge is 0.410 e. The van der Waals surface area contributed by atoms with Crippen molar-refractivity contribution in [3.63, 3.8) is 0 Å². The summed E-state index contributed by atoms with van der Waals surface area (Å²) in [5.74, 6) is 1.03. The van der Waals surface area contributed by atoms with Crippen molar-refractivity contribution in [3.8, 4) is 16.9 Å². The molecular formula is C43H54ClFN6O3. The van der Waals surface area contributed by atoms with Gasteiger partial charge in [-0.2, -0.15) is 5.10 Å². The number of ether oxygens (including phenoxy) is 2. The summed E-state index contributed by atoms with van der Waals surface area (Å²) in [4.78, 5) is 19.3. The molecule has 0 spiro atoms. The molecule has 2 saturated heterocycles. The third-order valence-corrected chi connectivity index (χ3v) is 11.5. The summed E-state index contributed by atoms with van der Waals surface area (Å²) < 4.78 is 30.1. The monoisotopic (exact) mass is 756 g/mol. The molecule has 0 radical (unpaired) electrons. The molecule has 9 nitrogen and oxygen atoms in total. The Kier molecular flexibility index (Phi) is 11.0. The Morgan fingerprint density at radius 2 is 1.65 bits per heavy atom. The SMILES string of the molecule is Cc1nn(C)c(C)c1-c1c(Cl)ccc2c(CCCOc3cccc4cc(F)ccc34)c(C)n(CCN3CCN(CC4CN(C(=O)OC(C)(C)C)C4)CC3)c12. The van der Waals surface area contributed by atoms with Gasteiger partial charge in [-0.3, -0.25) is 9.58 Å². The second kappa shape index (κ2) is 15.6. The van der Waals surface area contributed by atoms with E-state index in [2.05, 4.69) is 41.2 Å². The normalized spacial score (nSPS) is 16.1. The highest BCUT2D eigenvalue weighted by molar-refractivity contribution is 6.35. The van der Waals surface area contributed by atoms with E-state index in [4.69, 9.17) is 26.2 Å². The third-order valence-electron chi connectivity index (χ3n) is 11.2. The van der Waals surface area contributed by atoms with E-state index in [1.54, 1.807) is 12.1 Å². The van der Waals surface area contributed by atoms with Crippen LogP contribution in [0.25, 0.3) is 32.8 Å². The van der Waals surface area contributed by atoms with Crippen LogP contribution in [0, 0.1) is 32.5 Å². The number of nitrogens with zero attached hydrogens (tertiary/aromatic N) is 6. The molecule has 2 fully saturated rings. The Balaban J connectivity index is 1.05. The maximum atomic E-state index is 13.9. The lowest BCUT2D eigenvalue weighted by Crippen LogP contribution is -2.57. The van der Waals surface area contributed by atoms with Gasteiger partial charge in [-0.25, -0.2) is 9.18 Å². The van der Waals surface area contributed by atoms with Gasteiger partial charge in [-0.1, -0.05) is 29.8 Å². The van der Waals surface area contributed by atoms with Crippen LogP contribution < -0.4 is 4.74 Å². The number of carbonyl (C=O) groups excluding carboxylic acids is 1. The number of hydrogen-bond donors (Lipinski definition) is 0. The first-order valence-corrected chi connectivity index (χ1v) is 19.7. The first-order valence-electron chi connectivity index (χ1n) is 19.3. The average molecular weight is 757 g/mol. The lowest BCUT2D eigenvalue weighted by molar-refractivity contribution is -0.00912. The fourth-order valence-electron chi connectivity index (χ4n) is 8.33. The molecule has 4 heterocycles. The van der Waals surface area contributed by atoms with E-state index in [-0.39, 0.29) is 11.9 Å². The van der Waals surface area contributed by atoms with Crippen LogP contribution in [-0.2, 0) is 24.8 Å². The highest BCUT2D eigenvalue weighted by atomic mass is 35.5. The number of carbonyl (C=O) groups is 1. The number of hydrogen-bond acceptors (Lipinski definition) is 6. The van der Waals surface area contributed by atoms with Crippen LogP contribution in [0.4, 0.5) is 9.18 Å². The van der Waals surface area contributed by atoms with Gasteiger partial charge in [0.25, 0.3) is 0 Å². The van der Waals surface area contributed by atoms with E-state index in [1.807, 2.05) is 61.7 Å². The number of halogens is 2. The highest BCUT2D eigenvalue weighted by Crippen LogP contribution is 2.42. The average Bonchev–Trinajstić information content (AvgIpc) is 3.51. The number of aryl methyl sites for hydroxylation is 3. The Morgan fingerprint density at radius 1 is 0.926 bits per heavy atom. The predicted molar refractivity (Wildman–Crippen MR) is 215 cm³/mol. The van der Waals surface area contributed by atoms with Crippen molar-refractivity contribution in [2.45, 2.75) is 66.5 Å². The zero-order valence-corrected chi connectivity index (χ0v) is 33.6. The largest absolute Gasteiger partial charge is 0.493 e. The molecule has 11 heteroatoms. The Bertz CT molecular complexity index is 2160. The number of rotatable bonds is 11. The second-order valence-electron chi connectivity index (χ2n) is 16.2. The van der Waals surface area contributed by atoms with Crippen LogP contribution in [0.3, 0.4) is 0 Å². The zero-order chi connectivity index (χ0) is 38.3. The number of benzene rings is 3. The third kappa shape index (κ3) is 7.97. The minimum absolute atomic E-state index is 0.203. The molecule has 2 aliphatic rings. The van der Waals surface area contributed by atoms with Crippen molar-refractivity contribution in [2.24, 2.45) is 13.0 Å². The van der Waals surface area contributed by atoms with Crippen molar-refractivity contribution in [1.29, 1.82) is 0 Å². The van der Waals surface area contributed by atoms with E-state index >= 15 is 0 Å². The van der Waals surface area contributed by atoms with Crippen LogP contribution in [0.15, 0.2) is 48.5 Å². The fourth-order valence-corrected chi connectivity index (χ4v) is 8.58. The molecule has 0 unspecified atom stereocenters. The summed E-state index contributed by atoms with van der Waals surface area (Å²) in [5.41, 5.74) is 7.49. The molecule has 7 rings (SSSR count). The quantitative estimate of drug-likeness (QED) is 0.126. The Labute approximate surface area is 323 Å². The molecular weight excluding hydrogens is 703 g/mol. The van der Waals surface area contributed by atoms with E-state index in [0.29, 0.717) is 12.5 Å². The molecule has 0 atom stereocenters. The predicted octanol–water partition coefficient (Wildman–Crippen LogP) is 8.41. The first kappa shape index (κ1) is 38.2. The topological polar surface area (TPSA) is 68.0 Å². The fraction of sp³-hybridized carbons (Fsp3) is 0.488. The second-order valence-corrected chi connectivity index (χ2v) is 16.6. The summed E-state index contributed by atoms with van der Waals surface area (Å²) in [7, 11) is 1.99. The molecule has 54 heavy (non-hydrogen) atoms. The van der Waals surface area contributed by atoms with Gasteiger partial charge < -0.3 is 23.8 Å². The molecule has 0 aliphatic carbocycles. The number of piperazine rings is 1. The van der Waals surface area contributed by atoms with Gasteiger partial charge >= 0.3 is 6.09 Å². The molecule has 1 amide bonds. The van der Waals surface area contributed by atoms with E-state index in [1.165, 1.54) is 28.2 Å². The van der Waals surface area contributed by atoms with Crippen LogP contribution >= 0.6 is 11.6 Å². The highest BCUT2D eigenvalue weighted by Gasteiger charge is 2.35. The van der Waals surface area contributed by atoms with Crippen LogP contribution in [0.1, 0.15) is 49.8 Å². The molecule has 2 aromatic heterocycles. The van der Waals surface area contributed by atoms with Crippen LogP contribution in [-0.4, -0.2) is 99.7 Å². The molecule has 0 N–H and O–H groups in total. The van der Waals surface area contributed by atoms with E-state index in [0.717, 1.165) is 116 Å². The van der Waals surface area contributed by atoms with Gasteiger partial charge in [0.1, 0.15) is 17.2 Å². The number of amides is 1. The summed E-state index contributed by atoms with van der Waals surface area (Å²) in [6, 6.07) is 14.8.